The highest BCUT2D eigenvalue weighted by Crippen LogP contribution is 2.08. The molecule has 0 atom stereocenters. The highest BCUT2D eigenvalue weighted by molar-refractivity contribution is 5.22. The van der Waals surface area contributed by atoms with Gasteiger partial charge in [0.2, 0.25) is 0 Å². The van der Waals surface area contributed by atoms with Crippen molar-refractivity contribution >= 4 is 0 Å². The Morgan fingerprint density at radius 1 is 1.50 bits per heavy atom. The fourth-order valence-electron chi connectivity index (χ4n) is 0.952. The Bertz CT molecular complexity index is 149. The van der Waals surface area contributed by atoms with Crippen LogP contribution < -0.4 is 5.73 Å². The van der Waals surface area contributed by atoms with Gasteiger partial charge in [-0.3, -0.25) is 0 Å². The van der Waals surface area contributed by atoms with Crippen molar-refractivity contribution in [3.05, 3.63) is 23.8 Å². The van der Waals surface area contributed by atoms with Gasteiger partial charge in [0, 0.05) is 0 Å². The quantitative estimate of drug-likeness (QED) is 0.596. The van der Waals surface area contributed by atoms with E-state index in [1.54, 1.807) is 0 Å². The Morgan fingerprint density at radius 2 is 2.40 bits per heavy atom. The molecule has 1 aliphatic carbocycles. The molecule has 0 radical (unpaired) electrons. The third-order valence-corrected chi connectivity index (χ3v) is 1.46. The fraction of sp³-hybridized carbons (Fsp3) is 0.500. The van der Waals surface area contributed by atoms with E-state index in [9.17, 15) is 0 Å². The predicted molar refractivity (Wildman–Crippen MR) is 41.5 cm³/mol. The van der Waals surface area contributed by atoms with Gasteiger partial charge in [0.05, 0.1) is 13.3 Å². The number of hydrogen-bond donors (Lipinski definition) is 1. The van der Waals surface area contributed by atoms with Crippen LogP contribution in [0.4, 0.5) is 0 Å². The fourth-order valence-corrected chi connectivity index (χ4v) is 0.952. The molecule has 0 saturated heterocycles. The monoisotopic (exact) mass is 139 g/mol. The van der Waals surface area contributed by atoms with E-state index in [-0.39, 0.29) is 0 Å². The first-order valence-corrected chi connectivity index (χ1v) is 3.57. The van der Waals surface area contributed by atoms with E-state index < -0.39 is 0 Å². The van der Waals surface area contributed by atoms with E-state index in [0.29, 0.717) is 13.3 Å². The van der Waals surface area contributed by atoms with E-state index in [4.69, 9.17) is 10.5 Å². The van der Waals surface area contributed by atoms with Gasteiger partial charge < -0.3 is 10.5 Å². The third kappa shape index (κ3) is 2.33. The Balaban J connectivity index is 2.26. The molecule has 2 heteroatoms. The van der Waals surface area contributed by atoms with Crippen molar-refractivity contribution in [2.45, 2.75) is 12.8 Å². The number of hydrogen-bond acceptors (Lipinski definition) is 2. The van der Waals surface area contributed by atoms with E-state index in [1.807, 2.05) is 0 Å². The normalized spacial score (nSPS) is 17.1. The predicted octanol–water partition coefficient (Wildman–Crippen LogP) is 1.20. The van der Waals surface area contributed by atoms with Crippen molar-refractivity contribution in [1.82, 2.24) is 0 Å². The molecule has 0 spiro atoms. The maximum absolute atomic E-state index is 5.17. The van der Waals surface area contributed by atoms with E-state index in [0.717, 1.165) is 12.8 Å². The van der Waals surface area contributed by atoms with Crippen LogP contribution in [0.5, 0.6) is 0 Å². The average molecular weight is 139 g/mol. The molecule has 56 valence electrons. The molecule has 10 heavy (non-hydrogen) atoms. The van der Waals surface area contributed by atoms with Crippen molar-refractivity contribution in [3.63, 3.8) is 0 Å². The largest absolute Gasteiger partial charge is 0.362 e. The molecule has 0 aromatic heterocycles. The summed E-state index contributed by atoms with van der Waals surface area (Å²) in [6, 6.07) is 0. The van der Waals surface area contributed by atoms with Gasteiger partial charge in [-0.25, -0.2) is 0 Å². The zero-order valence-electron chi connectivity index (χ0n) is 6.05. The maximum Gasteiger partial charge on any atom is 0.0944 e. The standard InChI is InChI=1S/C8H13NO/c9-7-10-6-8-4-2-1-3-5-8/h2,4-5H,1,3,6-7,9H2. The lowest BCUT2D eigenvalue weighted by Crippen LogP contribution is -2.07. The minimum atomic E-state index is 0.311. The molecule has 0 fully saturated rings. The highest BCUT2D eigenvalue weighted by Gasteiger charge is 1.95. The molecule has 0 unspecified atom stereocenters. The van der Waals surface area contributed by atoms with E-state index >= 15 is 0 Å². The first-order chi connectivity index (χ1) is 4.93. The second-order valence-corrected chi connectivity index (χ2v) is 2.27. The van der Waals surface area contributed by atoms with Crippen LogP contribution in [0.15, 0.2) is 23.8 Å². The lowest BCUT2D eigenvalue weighted by Gasteiger charge is -2.05. The first-order valence-electron chi connectivity index (χ1n) is 3.57. The summed E-state index contributed by atoms with van der Waals surface area (Å²) in [4.78, 5) is 0. The number of rotatable bonds is 3. The summed E-state index contributed by atoms with van der Waals surface area (Å²) >= 11 is 0. The third-order valence-electron chi connectivity index (χ3n) is 1.46. The SMILES string of the molecule is NCOCC1=CCCC=C1. The molecule has 2 nitrogen and oxygen atoms in total. The first kappa shape index (κ1) is 7.51. The lowest BCUT2D eigenvalue weighted by atomic mass is 10.1. The van der Waals surface area contributed by atoms with Crippen molar-refractivity contribution in [3.8, 4) is 0 Å². The van der Waals surface area contributed by atoms with Gasteiger partial charge in [-0.05, 0) is 18.4 Å². The topological polar surface area (TPSA) is 35.2 Å². The summed E-state index contributed by atoms with van der Waals surface area (Å²) in [6.45, 7) is 0.970. The summed E-state index contributed by atoms with van der Waals surface area (Å²) < 4.78 is 5.03. The molecule has 0 heterocycles. The van der Waals surface area contributed by atoms with Crippen molar-refractivity contribution in [1.29, 1.82) is 0 Å². The zero-order chi connectivity index (χ0) is 7.23. The second kappa shape index (κ2) is 4.25. The van der Waals surface area contributed by atoms with E-state index in [1.165, 1.54) is 5.57 Å². The van der Waals surface area contributed by atoms with Gasteiger partial charge in [0.25, 0.3) is 0 Å². The van der Waals surface area contributed by atoms with Crippen molar-refractivity contribution in [2.75, 3.05) is 13.3 Å². The second-order valence-electron chi connectivity index (χ2n) is 2.27. The molecule has 0 amide bonds. The molecule has 0 aromatic carbocycles. The number of nitrogens with two attached hydrogens (primary N) is 1. The van der Waals surface area contributed by atoms with Crippen LogP contribution in [0.2, 0.25) is 0 Å². The van der Waals surface area contributed by atoms with Crippen LogP contribution in [-0.4, -0.2) is 13.3 Å². The Kier molecular flexibility index (Phi) is 3.19. The van der Waals surface area contributed by atoms with Crippen molar-refractivity contribution < 1.29 is 4.74 Å². The van der Waals surface area contributed by atoms with Crippen molar-refractivity contribution in [2.24, 2.45) is 5.73 Å². The van der Waals surface area contributed by atoms with Crippen LogP contribution in [0.3, 0.4) is 0 Å². The molecule has 0 saturated carbocycles. The van der Waals surface area contributed by atoms with Crippen LogP contribution in [0, 0.1) is 0 Å². The summed E-state index contributed by atoms with van der Waals surface area (Å²) in [5.74, 6) is 0. The molecular weight excluding hydrogens is 126 g/mol. The average Bonchev–Trinajstić information content (AvgIpc) is 2.03. The summed E-state index contributed by atoms with van der Waals surface area (Å²) in [6.07, 6.45) is 8.75. The van der Waals surface area contributed by atoms with Crippen LogP contribution in [-0.2, 0) is 4.74 Å². The van der Waals surface area contributed by atoms with Gasteiger partial charge in [-0.2, -0.15) is 0 Å². The van der Waals surface area contributed by atoms with Crippen LogP contribution in [0.1, 0.15) is 12.8 Å². The maximum atomic E-state index is 5.17. The number of ether oxygens (including phenoxy) is 1. The van der Waals surface area contributed by atoms with Gasteiger partial charge in [-0.15, -0.1) is 0 Å². The van der Waals surface area contributed by atoms with Gasteiger partial charge in [0.15, 0.2) is 0 Å². The molecule has 0 aromatic rings. The Morgan fingerprint density at radius 3 is 3.00 bits per heavy atom. The molecule has 0 aliphatic heterocycles. The molecule has 1 rings (SSSR count). The van der Waals surface area contributed by atoms with Crippen LogP contribution in [0.25, 0.3) is 0 Å². The van der Waals surface area contributed by atoms with Crippen LogP contribution >= 0.6 is 0 Å². The minimum Gasteiger partial charge on any atom is -0.362 e. The summed E-state index contributed by atoms with van der Waals surface area (Å²) in [5.41, 5.74) is 6.42. The summed E-state index contributed by atoms with van der Waals surface area (Å²) in [5, 5.41) is 0. The Hall–Kier alpha value is -0.600. The number of allylic oxidation sites excluding steroid dienone is 2. The lowest BCUT2D eigenvalue weighted by molar-refractivity contribution is 0.165. The Labute approximate surface area is 61.4 Å². The van der Waals surface area contributed by atoms with E-state index in [2.05, 4.69) is 18.2 Å². The molecular formula is C8H13NO. The molecule has 1 aliphatic rings. The summed E-state index contributed by atoms with van der Waals surface area (Å²) in [7, 11) is 0. The van der Waals surface area contributed by atoms with Gasteiger partial charge in [0.1, 0.15) is 0 Å². The smallest absolute Gasteiger partial charge is 0.0944 e. The molecule has 0 bridgehead atoms. The van der Waals surface area contributed by atoms with Gasteiger partial charge in [-0.1, -0.05) is 18.2 Å². The zero-order valence-corrected chi connectivity index (χ0v) is 6.05. The minimum absolute atomic E-state index is 0.311. The molecule has 2 N–H and O–H groups in total. The van der Waals surface area contributed by atoms with Gasteiger partial charge >= 0.3 is 0 Å². The highest BCUT2D eigenvalue weighted by atomic mass is 16.5.